The third-order valence-electron chi connectivity index (χ3n) is 10.6. The molecule has 3 N–H and O–H groups in total. The number of allylic oxidation sites excluding steroid dienone is 2. The van der Waals surface area contributed by atoms with Gasteiger partial charge in [0.15, 0.2) is 0 Å². The normalized spacial score (nSPS) is 43.5. The molecule has 4 nitrogen and oxygen atoms in total. The molecule has 0 spiro atoms. The molecule has 1 aromatic rings. The number of hydrogen-bond acceptors (Lipinski definition) is 4. The van der Waals surface area contributed by atoms with Crippen LogP contribution in [0.15, 0.2) is 24.4 Å². The number of nitrogens with two attached hydrogens (primary N) is 1. The Kier molecular flexibility index (Phi) is 5.51. The van der Waals surface area contributed by atoms with E-state index in [1.165, 1.54) is 50.5 Å². The molecule has 8 atom stereocenters. The summed E-state index contributed by atoms with van der Waals surface area (Å²) in [5, 5.41) is 10.3. The second-order valence-corrected chi connectivity index (χ2v) is 12.0. The van der Waals surface area contributed by atoms with Crippen LogP contribution in [-0.2, 0) is 0 Å². The van der Waals surface area contributed by atoms with Gasteiger partial charge < -0.3 is 10.8 Å². The first-order valence-corrected chi connectivity index (χ1v) is 12.9. The minimum Gasteiger partial charge on any atom is -0.393 e. The van der Waals surface area contributed by atoms with Gasteiger partial charge in [-0.25, -0.2) is 9.97 Å². The van der Waals surface area contributed by atoms with E-state index in [1.807, 2.05) is 6.92 Å². The molecule has 4 saturated carbocycles. The zero-order chi connectivity index (χ0) is 22.7. The highest BCUT2D eigenvalue weighted by Gasteiger charge is 2.60. The first-order chi connectivity index (χ1) is 15.2. The standard InChI is InChI=1S/C28H41N3O/c1-17(5-10-25-18(2)16-30-26(29)31-25)22-8-9-23-21-7-6-19-15-20(32)11-13-27(19,3)24(21)12-14-28(22,23)4/h5,10,16,19-24,32H,1,6-9,11-15H2,2-4H3,(H2,29,30,31)/b10-5-/t19-,20+,21-,22+,23-,24-,27-,28+/m0/s1. The fourth-order valence-corrected chi connectivity index (χ4v) is 8.78. The van der Waals surface area contributed by atoms with Gasteiger partial charge in [-0.15, -0.1) is 0 Å². The van der Waals surface area contributed by atoms with Crippen LogP contribution in [0.3, 0.4) is 0 Å². The van der Waals surface area contributed by atoms with Crippen molar-refractivity contribution in [2.24, 2.45) is 40.4 Å². The molecular weight excluding hydrogens is 394 g/mol. The van der Waals surface area contributed by atoms with Crippen LogP contribution in [0.25, 0.3) is 6.08 Å². The van der Waals surface area contributed by atoms with Gasteiger partial charge in [0, 0.05) is 6.20 Å². The number of nitrogen functional groups attached to an aromatic ring is 1. The van der Waals surface area contributed by atoms with Crippen molar-refractivity contribution in [2.75, 3.05) is 5.73 Å². The smallest absolute Gasteiger partial charge is 0.220 e. The van der Waals surface area contributed by atoms with Gasteiger partial charge in [-0.3, -0.25) is 0 Å². The number of nitrogens with zero attached hydrogens (tertiary/aromatic N) is 2. The molecule has 4 fully saturated rings. The van der Waals surface area contributed by atoms with E-state index in [2.05, 4.69) is 42.5 Å². The lowest BCUT2D eigenvalue weighted by Crippen LogP contribution is -2.53. The van der Waals surface area contributed by atoms with E-state index in [0.717, 1.165) is 47.8 Å². The molecule has 0 unspecified atom stereocenters. The van der Waals surface area contributed by atoms with Gasteiger partial charge in [-0.1, -0.05) is 32.1 Å². The summed E-state index contributed by atoms with van der Waals surface area (Å²) in [6.45, 7) is 11.7. The molecule has 5 rings (SSSR count). The van der Waals surface area contributed by atoms with Crippen LogP contribution in [0.1, 0.15) is 82.9 Å². The van der Waals surface area contributed by atoms with Crippen molar-refractivity contribution in [3.05, 3.63) is 35.7 Å². The van der Waals surface area contributed by atoms with Gasteiger partial charge >= 0.3 is 0 Å². The predicted molar refractivity (Wildman–Crippen MR) is 131 cm³/mol. The predicted octanol–water partition coefficient (Wildman–Crippen LogP) is 5.96. The monoisotopic (exact) mass is 435 g/mol. The van der Waals surface area contributed by atoms with E-state index >= 15 is 0 Å². The highest BCUT2D eigenvalue weighted by atomic mass is 16.3. The maximum Gasteiger partial charge on any atom is 0.220 e. The molecule has 0 aromatic carbocycles. The van der Waals surface area contributed by atoms with Crippen LogP contribution in [-0.4, -0.2) is 21.2 Å². The summed E-state index contributed by atoms with van der Waals surface area (Å²) >= 11 is 0. The van der Waals surface area contributed by atoms with E-state index < -0.39 is 0 Å². The van der Waals surface area contributed by atoms with Crippen molar-refractivity contribution in [1.82, 2.24) is 9.97 Å². The van der Waals surface area contributed by atoms with Crippen molar-refractivity contribution >= 4 is 12.0 Å². The van der Waals surface area contributed by atoms with E-state index in [9.17, 15) is 5.11 Å². The number of anilines is 1. The van der Waals surface area contributed by atoms with Crippen molar-refractivity contribution in [3.63, 3.8) is 0 Å². The second-order valence-electron chi connectivity index (χ2n) is 12.0. The fourth-order valence-electron chi connectivity index (χ4n) is 8.78. The number of aliphatic hydroxyl groups is 1. The summed E-state index contributed by atoms with van der Waals surface area (Å²) < 4.78 is 0. The Morgan fingerprint density at radius 2 is 1.84 bits per heavy atom. The van der Waals surface area contributed by atoms with Gasteiger partial charge in [0.2, 0.25) is 5.95 Å². The molecule has 4 aliphatic rings. The first-order valence-electron chi connectivity index (χ1n) is 12.9. The number of fused-ring (bicyclic) bond motifs is 5. The third kappa shape index (κ3) is 3.45. The number of aromatic nitrogens is 2. The Hall–Kier alpha value is -1.68. The Morgan fingerprint density at radius 1 is 1.09 bits per heavy atom. The Bertz CT molecular complexity index is 925. The van der Waals surface area contributed by atoms with Crippen LogP contribution in [0.2, 0.25) is 0 Å². The van der Waals surface area contributed by atoms with Gasteiger partial charge in [-0.2, -0.15) is 0 Å². The quantitative estimate of drug-likeness (QED) is 0.575. The Labute approximate surface area is 193 Å². The van der Waals surface area contributed by atoms with E-state index in [4.69, 9.17) is 5.73 Å². The number of rotatable bonds is 3. The fraction of sp³-hybridized carbons (Fsp3) is 0.714. The van der Waals surface area contributed by atoms with E-state index in [0.29, 0.717) is 22.7 Å². The zero-order valence-corrected chi connectivity index (χ0v) is 20.2. The van der Waals surface area contributed by atoms with Crippen molar-refractivity contribution in [1.29, 1.82) is 0 Å². The summed E-state index contributed by atoms with van der Waals surface area (Å²) in [5.74, 6) is 4.14. The molecule has 1 heterocycles. The van der Waals surface area contributed by atoms with Crippen LogP contribution < -0.4 is 5.73 Å². The van der Waals surface area contributed by atoms with Gasteiger partial charge in [0.25, 0.3) is 0 Å². The molecule has 0 aliphatic heterocycles. The largest absolute Gasteiger partial charge is 0.393 e. The van der Waals surface area contributed by atoms with Crippen LogP contribution in [0.4, 0.5) is 5.95 Å². The SMILES string of the molecule is C=C(/C=C\c1nc(N)ncc1C)[C@H]1CC[C@H]2[C@@H]3CC[C@H]4C[C@H](O)CC[C@]4(C)[C@H]3CC[C@]12C. The summed E-state index contributed by atoms with van der Waals surface area (Å²) in [7, 11) is 0. The molecule has 0 saturated heterocycles. The summed E-state index contributed by atoms with van der Waals surface area (Å²) in [6, 6.07) is 0. The average molecular weight is 436 g/mol. The molecular formula is C28H41N3O. The Balaban J connectivity index is 1.34. The molecule has 0 amide bonds. The minimum atomic E-state index is -0.0571. The summed E-state index contributed by atoms with van der Waals surface area (Å²) in [5.41, 5.74) is 9.80. The molecule has 4 aliphatic carbocycles. The van der Waals surface area contributed by atoms with Crippen LogP contribution in [0, 0.1) is 47.3 Å². The lowest BCUT2D eigenvalue weighted by Gasteiger charge is -2.61. The molecule has 1 aromatic heterocycles. The van der Waals surface area contributed by atoms with Crippen molar-refractivity contribution < 1.29 is 5.11 Å². The summed E-state index contributed by atoms with van der Waals surface area (Å²) in [4.78, 5) is 8.48. The Morgan fingerprint density at radius 3 is 2.66 bits per heavy atom. The molecule has 0 radical (unpaired) electrons. The zero-order valence-electron chi connectivity index (χ0n) is 20.2. The number of hydrogen-bond donors (Lipinski definition) is 2. The van der Waals surface area contributed by atoms with Crippen molar-refractivity contribution in [2.45, 2.75) is 84.7 Å². The average Bonchev–Trinajstić information content (AvgIpc) is 3.12. The first kappa shape index (κ1) is 22.1. The van der Waals surface area contributed by atoms with E-state index in [1.54, 1.807) is 6.20 Å². The second kappa shape index (κ2) is 7.97. The molecule has 4 heteroatoms. The van der Waals surface area contributed by atoms with Crippen LogP contribution >= 0.6 is 0 Å². The lowest BCUT2D eigenvalue weighted by molar-refractivity contribution is -0.124. The molecule has 32 heavy (non-hydrogen) atoms. The highest BCUT2D eigenvalue weighted by Crippen LogP contribution is 2.68. The maximum absolute atomic E-state index is 10.3. The van der Waals surface area contributed by atoms with Crippen LogP contribution in [0.5, 0.6) is 0 Å². The highest BCUT2D eigenvalue weighted by molar-refractivity contribution is 5.53. The third-order valence-corrected chi connectivity index (χ3v) is 10.6. The van der Waals surface area contributed by atoms with Gasteiger partial charge in [0.1, 0.15) is 0 Å². The molecule has 174 valence electrons. The number of aryl methyl sites for hydroxylation is 1. The lowest BCUT2D eigenvalue weighted by atomic mass is 9.44. The topological polar surface area (TPSA) is 72.0 Å². The summed E-state index contributed by atoms with van der Waals surface area (Å²) in [6.07, 6.45) is 17.3. The van der Waals surface area contributed by atoms with Gasteiger partial charge in [-0.05, 0) is 117 Å². The minimum absolute atomic E-state index is 0.0571. The maximum atomic E-state index is 10.3. The van der Waals surface area contributed by atoms with E-state index in [-0.39, 0.29) is 6.10 Å². The van der Waals surface area contributed by atoms with Crippen molar-refractivity contribution in [3.8, 4) is 0 Å². The number of aliphatic hydroxyl groups excluding tert-OH is 1. The molecule has 0 bridgehead atoms. The van der Waals surface area contributed by atoms with Gasteiger partial charge in [0.05, 0.1) is 11.8 Å².